The third kappa shape index (κ3) is 1.24. The standard InChI is InChI=1S/C13H10N2O3/c1-7-11(8(2)18-14-7)15-12(16)9-5-3-4-6-10(9)13(15)17/h3-6H,1-2H3. The minimum atomic E-state index is -0.329. The minimum Gasteiger partial charge on any atom is -0.359 e. The molecule has 0 saturated carbocycles. The second-order valence-electron chi connectivity index (χ2n) is 4.16. The lowest BCUT2D eigenvalue weighted by Crippen LogP contribution is -2.30. The molecule has 0 N–H and O–H groups in total. The van der Waals surface area contributed by atoms with Crippen molar-refractivity contribution in [2.24, 2.45) is 0 Å². The number of imide groups is 1. The molecule has 1 aromatic heterocycles. The summed E-state index contributed by atoms with van der Waals surface area (Å²) < 4.78 is 5.01. The van der Waals surface area contributed by atoms with Gasteiger partial charge >= 0.3 is 0 Å². The van der Waals surface area contributed by atoms with Crippen LogP contribution in [0, 0.1) is 13.8 Å². The predicted molar refractivity (Wildman–Crippen MR) is 63.6 cm³/mol. The summed E-state index contributed by atoms with van der Waals surface area (Å²) in [7, 11) is 0. The summed E-state index contributed by atoms with van der Waals surface area (Å²) in [4.78, 5) is 25.6. The van der Waals surface area contributed by atoms with Gasteiger partial charge in [-0.2, -0.15) is 0 Å². The summed E-state index contributed by atoms with van der Waals surface area (Å²) in [5.41, 5.74) is 1.81. The highest BCUT2D eigenvalue weighted by atomic mass is 16.5. The van der Waals surface area contributed by atoms with Crippen LogP contribution in [0.3, 0.4) is 0 Å². The predicted octanol–water partition coefficient (Wildman–Crippen LogP) is 2.09. The smallest absolute Gasteiger partial charge is 0.266 e. The zero-order valence-electron chi connectivity index (χ0n) is 9.93. The van der Waals surface area contributed by atoms with Gasteiger partial charge in [-0.1, -0.05) is 17.3 Å². The summed E-state index contributed by atoms with van der Waals surface area (Å²) in [5, 5.41) is 3.77. The first-order chi connectivity index (χ1) is 8.61. The van der Waals surface area contributed by atoms with Crippen LogP contribution in [0.15, 0.2) is 28.8 Å². The number of fused-ring (bicyclic) bond motifs is 1. The Bertz CT molecular complexity index is 618. The number of aryl methyl sites for hydroxylation is 2. The van der Waals surface area contributed by atoms with Crippen molar-refractivity contribution in [2.45, 2.75) is 13.8 Å². The number of aromatic nitrogens is 1. The average molecular weight is 242 g/mol. The number of rotatable bonds is 1. The Labute approximate surface area is 103 Å². The van der Waals surface area contributed by atoms with Gasteiger partial charge in [0.1, 0.15) is 11.4 Å². The van der Waals surface area contributed by atoms with E-state index in [1.165, 1.54) is 0 Å². The van der Waals surface area contributed by atoms with E-state index in [2.05, 4.69) is 5.16 Å². The molecule has 0 atom stereocenters. The van der Waals surface area contributed by atoms with Crippen LogP contribution in [0.2, 0.25) is 0 Å². The van der Waals surface area contributed by atoms with Crippen molar-refractivity contribution in [2.75, 3.05) is 4.90 Å². The van der Waals surface area contributed by atoms with E-state index in [9.17, 15) is 9.59 Å². The van der Waals surface area contributed by atoms with Gasteiger partial charge in [-0.05, 0) is 26.0 Å². The highest BCUT2D eigenvalue weighted by Crippen LogP contribution is 2.32. The maximum atomic E-state index is 12.2. The molecule has 5 nitrogen and oxygen atoms in total. The largest absolute Gasteiger partial charge is 0.359 e. The maximum Gasteiger partial charge on any atom is 0.266 e. The number of hydrogen-bond donors (Lipinski definition) is 0. The van der Waals surface area contributed by atoms with Gasteiger partial charge in [0.15, 0.2) is 5.76 Å². The molecule has 2 amide bonds. The van der Waals surface area contributed by atoms with Crippen molar-refractivity contribution < 1.29 is 14.1 Å². The van der Waals surface area contributed by atoms with E-state index < -0.39 is 0 Å². The van der Waals surface area contributed by atoms with E-state index in [0.29, 0.717) is 28.3 Å². The van der Waals surface area contributed by atoms with Gasteiger partial charge < -0.3 is 4.52 Å². The van der Waals surface area contributed by atoms with Crippen molar-refractivity contribution in [3.63, 3.8) is 0 Å². The lowest BCUT2D eigenvalue weighted by atomic mass is 10.1. The number of carbonyl (C=O) groups is 2. The Morgan fingerprint density at radius 3 is 2.06 bits per heavy atom. The molecule has 0 unspecified atom stereocenters. The van der Waals surface area contributed by atoms with Crippen molar-refractivity contribution in [3.05, 3.63) is 46.8 Å². The van der Waals surface area contributed by atoms with Crippen molar-refractivity contribution in [3.8, 4) is 0 Å². The minimum absolute atomic E-state index is 0.329. The van der Waals surface area contributed by atoms with Gasteiger partial charge in [0, 0.05) is 0 Å². The van der Waals surface area contributed by atoms with E-state index in [0.717, 1.165) is 4.90 Å². The molecule has 0 bridgehead atoms. The molecule has 1 aromatic carbocycles. The zero-order valence-corrected chi connectivity index (χ0v) is 9.93. The highest BCUT2D eigenvalue weighted by Gasteiger charge is 2.39. The number of carbonyl (C=O) groups excluding carboxylic acids is 2. The van der Waals surface area contributed by atoms with Crippen LogP contribution in [-0.4, -0.2) is 17.0 Å². The number of nitrogens with zero attached hydrogens (tertiary/aromatic N) is 2. The van der Waals surface area contributed by atoms with Crippen LogP contribution >= 0.6 is 0 Å². The van der Waals surface area contributed by atoms with Gasteiger partial charge in [-0.25, -0.2) is 4.90 Å². The molecule has 18 heavy (non-hydrogen) atoms. The molecular weight excluding hydrogens is 232 g/mol. The average Bonchev–Trinajstić information content (AvgIpc) is 2.81. The summed E-state index contributed by atoms with van der Waals surface area (Å²) in [6.07, 6.45) is 0. The summed E-state index contributed by atoms with van der Waals surface area (Å²) in [6, 6.07) is 6.77. The van der Waals surface area contributed by atoms with Gasteiger partial charge in [0.25, 0.3) is 11.8 Å². The van der Waals surface area contributed by atoms with E-state index in [4.69, 9.17) is 4.52 Å². The molecule has 1 aliphatic heterocycles. The first kappa shape index (κ1) is 10.7. The number of hydrogen-bond acceptors (Lipinski definition) is 4. The SMILES string of the molecule is Cc1noc(C)c1N1C(=O)c2ccccc2C1=O. The van der Waals surface area contributed by atoms with E-state index in [-0.39, 0.29) is 11.8 Å². The van der Waals surface area contributed by atoms with Crippen molar-refractivity contribution in [1.82, 2.24) is 5.16 Å². The number of anilines is 1. The van der Waals surface area contributed by atoms with Gasteiger partial charge in [0.2, 0.25) is 0 Å². The molecule has 90 valence electrons. The lowest BCUT2D eigenvalue weighted by molar-refractivity contribution is 0.0925. The monoisotopic (exact) mass is 242 g/mol. The highest BCUT2D eigenvalue weighted by molar-refractivity contribution is 6.34. The van der Waals surface area contributed by atoms with Crippen molar-refractivity contribution >= 4 is 17.5 Å². The number of benzene rings is 1. The Kier molecular flexibility index (Phi) is 2.10. The molecule has 3 rings (SSSR count). The molecule has 5 heteroatoms. The van der Waals surface area contributed by atoms with Gasteiger partial charge in [-0.15, -0.1) is 0 Å². The van der Waals surface area contributed by atoms with E-state index in [1.54, 1.807) is 38.1 Å². The fourth-order valence-corrected chi connectivity index (χ4v) is 2.19. The fourth-order valence-electron chi connectivity index (χ4n) is 2.19. The Morgan fingerprint density at radius 2 is 1.61 bits per heavy atom. The second-order valence-corrected chi connectivity index (χ2v) is 4.16. The topological polar surface area (TPSA) is 63.4 Å². The van der Waals surface area contributed by atoms with Crippen LogP contribution < -0.4 is 4.90 Å². The van der Waals surface area contributed by atoms with Crippen LogP contribution in [0.25, 0.3) is 0 Å². The van der Waals surface area contributed by atoms with Gasteiger partial charge in [0.05, 0.1) is 11.1 Å². The summed E-state index contributed by atoms with van der Waals surface area (Å²) in [6.45, 7) is 3.38. The summed E-state index contributed by atoms with van der Waals surface area (Å²) in [5.74, 6) is -0.197. The molecular formula is C13H10N2O3. The Balaban J connectivity index is 2.19. The van der Waals surface area contributed by atoms with Crippen LogP contribution in [0.5, 0.6) is 0 Å². The Hall–Kier alpha value is -2.43. The molecule has 0 saturated heterocycles. The van der Waals surface area contributed by atoms with Crippen molar-refractivity contribution in [1.29, 1.82) is 0 Å². The fraction of sp³-hybridized carbons (Fsp3) is 0.154. The molecule has 0 spiro atoms. The molecule has 0 aliphatic carbocycles. The zero-order chi connectivity index (χ0) is 12.9. The maximum absolute atomic E-state index is 12.2. The van der Waals surface area contributed by atoms with E-state index >= 15 is 0 Å². The third-order valence-electron chi connectivity index (χ3n) is 3.01. The second kappa shape index (κ2) is 3.53. The first-order valence-electron chi connectivity index (χ1n) is 5.52. The molecule has 2 aromatic rings. The van der Waals surface area contributed by atoms with Crippen LogP contribution in [0.1, 0.15) is 32.2 Å². The summed E-state index contributed by atoms with van der Waals surface area (Å²) >= 11 is 0. The Morgan fingerprint density at radius 1 is 1.06 bits per heavy atom. The normalized spacial score (nSPS) is 14.2. The first-order valence-corrected chi connectivity index (χ1v) is 5.52. The van der Waals surface area contributed by atoms with Crippen LogP contribution in [-0.2, 0) is 0 Å². The van der Waals surface area contributed by atoms with E-state index in [1.807, 2.05) is 0 Å². The quantitative estimate of drug-likeness (QED) is 0.718. The van der Waals surface area contributed by atoms with Crippen LogP contribution in [0.4, 0.5) is 5.69 Å². The number of amides is 2. The molecule has 2 heterocycles. The molecule has 1 aliphatic rings. The molecule has 0 radical (unpaired) electrons. The third-order valence-corrected chi connectivity index (χ3v) is 3.01. The molecule has 0 fully saturated rings. The van der Waals surface area contributed by atoms with Gasteiger partial charge in [-0.3, -0.25) is 9.59 Å². The lowest BCUT2D eigenvalue weighted by Gasteiger charge is -2.12.